The van der Waals surface area contributed by atoms with E-state index in [0.29, 0.717) is 16.8 Å². The molecule has 0 N–H and O–H groups in total. The Morgan fingerprint density at radius 3 is 2.38 bits per heavy atom. The third-order valence-corrected chi connectivity index (χ3v) is 7.91. The Labute approximate surface area is 208 Å². The molecule has 0 saturated heterocycles. The summed E-state index contributed by atoms with van der Waals surface area (Å²) in [4.78, 5) is 4.89. The Kier molecular flexibility index (Phi) is 7.04. The Bertz CT molecular complexity index is 1430. The van der Waals surface area contributed by atoms with E-state index in [0.717, 1.165) is 21.0 Å². The topological polar surface area (TPSA) is 69.9 Å². The highest BCUT2D eigenvalue weighted by Gasteiger charge is 2.24. The number of allylic oxidation sites excluding steroid dienone is 1. The van der Waals surface area contributed by atoms with Crippen molar-refractivity contribution in [1.29, 1.82) is 0 Å². The maximum absolute atomic E-state index is 13.5. The number of fused-ring (bicyclic) bond motifs is 1. The summed E-state index contributed by atoms with van der Waals surface area (Å²) in [5, 5.41) is 0.757. The van der Waals surface area contributed by atoms with E-state index in [2.05, 4.69) is 27.5 Å². The van der Waals surface area contributed by atoms with E-state index in [4.69, 9.17) is 9.47 Å². The van der Waals surface area contributed by atoms with Crippen LogP contribution >= 0.6 is 15.9 Å². The minimum atomic E-state index is -3.80. The minimum absolute atomic E-state index is 0.224. The molecule has 1 aliphatic carbocycles. The fraction of sp³-hybridized carbons (Fsp3) is 0.192. The molecule has 4 rings (SSSR count). The highest BCUT2D eigenvalue weighted by atomic mass is 79.9. The molecule has 1 heterocycles. The van der Waals surface area contributed by atoms with Gasteiger partial charge in [-0.05, 0) is 55.0 Å². The summed E-state index contributed by atoms with van der Waals surface area (Å²) in [6, 6.07) is 12.3. The van der Waals surface area contributed by atoms with Gasteiger partial charge in [-0.15, -0.1) is 0 Å². The number of aromatic nitrogens is 1. The number of aryl methyl sites for hydroxylation is 1. The Balaban J connectivity index is 1.81. The molecule has 34 heavy (non-hydrogen) atoms. The molecule has 2 aromatic carbocycles. The molecule has 0 spiro atoms. The molecule has 0 saturated carbocycles. The molecule has 0 fully saturated rings. The van der Waals surface area contributed by atoms with Crippen molar-refractivity contribution >= 4 is 43.1 Å². The average molecular weight is 541 g/mol. The number of aliphatic imine (C=N–C) groups is 1. The molecule has 8 heteroatoms. The zero-order chi connectivity index (χ0) is 24.5. The van der Waals surface area contributed by atoms with Gasteiger partial charge in [-0.2, -0.15) is 0 Å². The fourth-order valence-electron chi connectivity index (χ4n) is 3.86. The van der Waals surface area contributed by atoms with Crippen LogP contribution < -0.4 is 0 Å². The van der Waals surface area contributed by atoms with Crippen LogP contribution in [0.25, 0.3) is 10.9 Å². The second-order valence-corrected chi connectivity index (χ2v) is 10.6. The van der Waals surface area contributed by atoms with E-state index in [-0.39, 0.29) is 17.1 Å². The monoisotopic (exact) mass is 540 g/mol. The van der Waals surface area contributed by atoms with Crippen molar-refractivity contribution in [2.24, 2.45) is 4.99 Å². The van der Waals surface area contributed by atoms with Crippen LogP contribution in [0.15, 0.2) is 99.1 Å². The summed E-state index contributed by atoms with van der Waals surface area (Å²) in [6.07, 6.45) is 8.23. The molecule has 2 atom stereocenters. The number of nitrogens with zero attached hydrogens (tertiary/aromatic N) is 2. The van der Waals surface area contributed by atoms with E-state index in [9.17, 15) is 8.42 Å². The highest BCUT2D eigenvalue weighted by Crippen LogP contribution is 2.29. The van der Waals surface area contributed by atoms with Crippen molar-refractivity contribution in [3.63, 3.8) is 0 Å². The Morgan fingerprint density at radius 1 is 1.06 bits per heavy atom. The molecule has 6 nitrogen and oxygen atoms in total. The van der Waals surface area contributed by atoms with Crippen LogP contribution in [-0.2, 0) is 19.5 Å². The first-order valence-electron chi connectivity index (χ1n) is 10.6. The SMILES string of the molecule is C=CC1=CC(OC)C(OC)C=C1N=Cc1cn(S(=O)(=O)c2ccc(C)cc2)c2ccc(Br)cc12. The van der Waals surface area contributed by atoms with Crippen LogP contribution in [0.5, 0.6) is 0 Å². The van der Waals surface area contributed by atoms with Crippen LogP contribution in [0.2, 0.25) is 0 Å². The average Bonchev–Trinajstić information content (AvgIpc) is 3.20. The quantitative estimate of drug-likeness (QED) is 0.376. The normalized spacial score (nSPS) is 18.8. The van der Waals surface area contributed by atoms with Crippen LogP contribution in [0, 0.1) is 6.92 Å². The number of benzene rings is 2. The van der Waals surface area contributed by atoms with Crippen molar-refractivity contribution in [3.05, 3.63) is 100 Å². The number of methoxy groups -OCH3 is 2. The molecule has 0 amide bonds. The Morgan fingerprint density at radius 2 is 1.74 bits per heavy atom. The van der Waals surface area contributed by atoms with Gasteiger partial charge < -0.3 is 9.47 Å². The smallest absolute Gasteiger partial charge is 0.268 e. The number of rotatable bonds is 7. The molecule has 0 aliphatic heterocycles. The number of hydrogen-bond acceptors (Lipinski definition) is 5. The van der Waals surface area contributed by atoms with E-state index >= 15 is 0 Å². The molecule has 0 radical (unpaired) electrons. The molecular formula is C26H25BrN2O4S. The van der Waals surface area contributed by atoms with Gasteiger partial charge in [0.05, 0.1) is 16.1 Å². The van der Waals surface area contributed by atoms with Crippen LogP contribution in [0.1, 0.15) is 11.1 Å². The zero-order valence-electron chi connectivity index (χ0n) is 19.1. The summed E-state index contributed by atoms with van der Waals surface area (Å²) in [7, 11) is -0.560. The van der Waals surface area contributed by atoms with E-state index in [1.807, 2.05) is 31.2 Å². The van der Waals surface area contributed by atoms with Gasteiger partial charge in [0.25, 0.3) is 10.0 Å². The third-order valence-electron chi connectivity index (χ3n) is 5.73. The molecule has 3 aromatic rings. The maximum atomic E-state index is 13.5. The summed E-state index contributed by atoms with van der Waals surface area (Å²) in [5.41, 5.74) is 3.71. The van der Waals surface area contributed by atoms with Crippen molar-refractivity contribution in [3.8, 4) is 0 Å². The number of ether oxygens (including phenoxy) is 2. The second kappa shape index (κ2) is 9.84. The van der Waals surface area contributed by atoms with Gasteiger partial charge in [0.1, 0.15) is 12.2 Å². The Hall–Kier alpha value is -2.78. The summed E-state index contributed by atoms with van der Waals surface area (Å²) >= 11 is 3.49. The van der Waals surface area contributed by atoms with Crippen molar-refractivity contribution in [2.75, 3.05) is 14.2 Å². The molecule has 0 bridgehead atoms. The van der Waals surface area contributed by atoms with Gasteiger partial charge in [0.2, 0.25) is 0 Å². The van der Waals surface area contributed by atoms with Crippen LogP contribution in [0.4, 0.5) is 0 Å². The lowest BCUT2D eigenvalue weighted by Gasteiger charge is -2.25. The van der Waals surface area contributed by atoms with Gasteiger partial charge in [-0.3, -0.25) is 4.99 Å². The van der Waals surface area contributed by atoms with Gasteiger partial charge in [0.15, 0.2) is 0 Å². The predicted molar refractivity (Wildman–Crippen MR) is 139 cm³/mol. The van der Waals surface area contributed by atoms with Gasteiger partial charge in [-0.1, -0.05) is 46.3 Å². The molecule has 1 aromatic heterocycles. The standard InChI is InChI=1S/C26H25BrN2O4S/c1-5-18-12-25(32-3)26(33-4)14-23(18)28-15-19-16-29(24-11-8-20(27)13-22(19)24)34(30,31)21-9-6-17(2)7-10-21/h5-16,25-26H,1H2,2-4H3. The van der Waals surface area contributed by atoms with E-state index in [1.165, 1.54) is 3.97 Å². The van der Waals surface area contributed by atoms with Crippen molar-refractivity contribution in [2.45, 2.75) is 24.0 Å². The predicted octanol–water partition coefficient (Wildman–Crippen LogP) is 5.41. The summed E-state index contributed by atoms with van der Waals surface area (Å²) in [6.45, 7) is 5.80. The maximum Gasteiger partial charge on any atom is 0.268 e. The molecule has 176 valence electrons. The highest BCUT2D eigenvalue weighted by molar-refractivity contribution is 9.10. The zero-order valence-corrected chi connectivity index (χ0v) is 21.5. The van der Waals surface area contributed by atoms with Crippen LogP contribution in [-0.4, -0.2) is 45.0 Å². The lowest BCUT2D eigenvalue weighted by molar-refractivity contribution is 0.0130. The first kappa shape index (κ1) is 24.3. The molecule has 2 unspecified atom stereocenters. The van der Waals surface area contributed by atoms with Gasteiger partial charge in [-0.25, -0.2) is 12.4 Å². The fourth-order valence-corrected chi connectivity index (χ4v) is 5.60. The van der Waals surface area contributed by atoms with E-state index in [1.54, 1.807) is 63.0 Å². The summed E-state index contributed by atoms with van der Waals surface area (Å²) < 4.78 is 40.1. The van der Waals surface area contributed by atoms with Crippen molar-refractivity contribution in [1.82, 2.24) is 3.97 Å². The first-order chi connectivity index (χ1) is 16.3. The number of hydrogen-bond donors (Lipinski definition) is 0. The molecule has 1 aliphatic rings. The first-order valence-corrected chi connectivity index (χ1v) is 12.8. The summed E-state index contributed by atoms with van der Waals surface area (Å²) in [5.74, 6) is 0. The largest absolute Gasteiger partial charge is 0.374 e. The van der Waals surface area contributed by atoms with E-state index < -0.39 is 10.0 Å². The van der Waals surface area contributed by atoms with Crippen LogP contribution in [0.3, 0.4) is 0 Å². The molecular weight excluding hydrogens is 516 g/mol. The van der Waals surface area contributed by atoms with Crippen molar-refractivity contribution < 1.29 is 17.9 Å². The number of halogens is 1. The minimum Gasteiger partial charge on any atom is -0.374 e. The van der Waals surface area contributed by atoms with Gasteiger partial charge >= 0.3 is 0 Å². The lowest BCUT2D eigenvalue weighted by Crippen LogP contribution is -2.29. The van der Waals surface area contributed by atoms with Gasteiger partial charge in [0, 0.05) is 42.1 Å². The third kappa shape index (κ3) is 4.59. The lowest BCUT2D eigenvalue weighted by atomic mass is 9.99. The second-order valence-electron chi connectivity index (χ2n) is 7.90.